The number of allylic oxidation sites excluding steroid dienone is 8. The molecule has 100 valence electrons. The molecule has 0 heterocycles. The SMILES string of the molecule is C/C=C/C/C1=C(/C)C(C)C/C=C/CC/C=C/CC1. The highest BCUT2D eigenvalue weighted by atomic mass is 14.1. The van der Waals surface area contributed by atoms with E-state index in [9.17, 15) is 0 Å². The van der Waals surface area contributed by atoms with Crippen molar-refractivity contribution in [2.45, 2.75) is 59.3 Å². The van der Waals surface area contributed by atoms with Gasteiger partial charge in [0.15, 0.2) is 0 Å². The molecule has 0 aromatic carbocycles. The summed E-state index contributed by atoms with van der Waals surface area (Å²) < 4.78 is 0. The summed E-state index contributed by atoms with van der Waals surface area (Å²) in [7, 11) is 0. The maximum atomic E-state index is 2.36. The van der Waals surface area contributed by atoms with Gasteiger partial charge < -0.3 is 0 Å². The van der Waals surface area contributed by atoms with Gasteiger partial charge in [0.25, 0.3) is 0 Å². The third-order valence-electron chi connectivity index (χ3n) is 3.83. The lowest BCUT2D eigenvalue weighted by molar-refractivity contribution is 0.671. The zero-order valence-corrected chi connectivity index (χ0v) is 12.3. The largest absolute Gasteiger partial charge is 0.0913 e. The molecule has 0 radical (unpaired) electrons. The van der Waals surface area contributed by atoms with E-state index in [1.807, 2.05) is 0 Å². The fourth-order valence-corrected chi connectivity index (χ4v) is 2.35. The van der Waals surface area contributed by atoms with Crippen LogP contribution in [0.1, 0.15) is 59.3 Å². The average Bonchev–Trinajstić information content (AvgIpc) is 2.37. The first-order valence-electron chi connectivity index (χ1n) is 7.35. The molecule has 0 saturated carbocycles. The molecule has 0 heteroatoms. The van der Waals surface area contributed by atoms with Crippen molar-refractivity contribution in [3.63, 3.8) is 0 Å². The molecule has 1 aliphatic carbocycles. The molecule has 0 aromatic heterocycles. The van der Waals surface area contributed by atoms with Crippen molar-refractivity contribution in [1.29, 1.82) is 0 Å². The van der Waals surface area contributed by atoms with Crippen LogP contribution in [0, 0.1) is 5.92 Å². The highest BCUT2D eigenvalue weighted by molar-refractivity contribution is 5.19. The Morgan fingerprint density at radius 2 is 1.78 bits per heavy atom. The molecule has 0 bridgehead atoms. The molecule has 0 N–H and O–H groups in total. The molecule has 18 heavy (non-hydrogen) atoms. The summed E-state index contributed by atoms with van der Waals surface area (Å²) in [5.74, 6) is 0.685. The van der Waals surface area contributed by atoms with E-state index >= 15 is 0 Å². The van der Waals surface area contributed by atoms with Gasteiger partial charge in [-0.1, -0.05) is 54.5 Å². The van der Waals surface area contributed by atoms with E-state index in [4.69, 9.17) is 0 Å². The molecule has 0 nitrogen and oxygen atoms in total. The molecular formula is C18H28. The maximum absolute atomic E-state index is 2.36. The summed E-state index contributed by atoms with van der Waals surface area (Å²) in [5, 5.41) is 0. The standard InChI is InChI=1S/C18H28/c1-4-5-14-18-15-12-10-8-6-7-9-11-13-16(2)17(18)3/h4-5,8-11,16H,6-7,12-15H2,1-3H3/b5-4+,10-8+,11-9+,18-17+. The van der Waals surface area contributed by atoms with Crippen LogP contribution in [-0.2, 0) is 0 Å². The molecule has 0 aliphatic heterocycles. The van der Waals surface area contributed by atoms with Gasteiger partial charge in [-0.15, -0.1) is 0 Å². The van der Waals surface area contributed by atoms with E-state index in [1.54, 1.807) is 11.1 Å². The molecule has 0 fully saturated rings. The minimum absolute atomic E-state index is 0.685. The van der Waals surface area contributed by atoms with Gasteiger partial charge in [-0.05, 0) is 58.3 Å². The summed E-state index contributed by atoms with van der Waals surface area (Å²) in [6, 6.07) is 0. The topological polar surface area (TPSA) is 0 Å². The fourth-order valence-electron chi connectivity index (χ4n) is 2.35. The van der Waals surface area contributed by atoms with Gasteiger partial charge in [0.2, 0.25) is 0 Å². The van der Waals surface area contributed by atoms with Crippen molar-refractivity contribution in [3.05, 3.63) is 47.6 Å². The first-order chi connectivity index (χ1) is 8.75. The van der Waals surface area contributed by atoms with E-state index in [1.165, 1.54) is 32.1 Å². The number of hydrogen-bond donors (Lipinski definition) is 0. The average molecular weight is 244 g/mol. The number of hydrogen-bond acceptors (Lipinski definition) is 0. The van der Waals surface area contributed by atoms with Gasteiger partial charge in [0, 0.05) is 0 Å². The first-order valence-corrected chi connectivity index (χ1v) is 7.35. The zero-order valence-electron chi connectivity index (χ0n) is 12.3. The van der Waals surface area contributed by atoms with Gasteiger partial charge in [-0.2, -0.15) is 0 Å². The third-order valence-corrected chi connectivity index (χ3v) is 3.83. The predicted molar refractivity (Wildman–Crippen MR) is 82.7 cm³/mol. The van der Waals surface area contributed by atoms with Crippen LogP contribution in [0.2, 0.25) is 0 Å². The first kappa shape index (κ1) is 15.0. The molecule has 0 aromatic rings. The lowest BCUT2D eigenvalue weighted by Gasteiger charge is -2.16. The normalized spacial score (nSPS) is 30.7. The van der Waals surface area contributed by atoms with E-state index in [-0.39, 0.29) is 0 Å². The maximum Gasteiger partial charge on any atom is -0.0136 e. The van der Waals surface area contributed by atoms with Crippen LogP contribution in [0.4, 0.5) is 0 Å². The molecule has 0 saturated heterocycles. The Bertz CT molecular complexity index is 339. The Balaban J connectivity index is 2.82. The highest BCUT2D eigenvalue weighted by Gasteiger charge is 2.08. The molecule has 1 rings (SSSR count). The minimum Gasteiger partial charge on any atom is -0.0913 e. The lowest BCUT2D eigenvalue weighted by atomic mass is 9.90. The summed E-state index contributed by atoms with van der Waals surface area (Å²) in [6.07, 6.45) is 20.9. The second kappa shape index (κ2) is 8.97. The Kier molecular flexibility index (Phi) is 7.48. The fraction of sp³-hybridized carbons (Fsp3) is 0.556. The second-order valence-electron chi connectivity index (χ2n) is 5.26. The van der Waals surface area contributed by atoms with Crippen molar-refractivity contribution >= 4 is 0 Å². The molecule has 1 atom stereocenters. The third kappa shape index (κ3) is 5.53. The smallest absolute Gasteiger partial charge is 0.0136 e. The monoisotopic (exact) mass is 244 g/mol. The summed E-state index contributed by atoms with van der Waals surface area (Å²) in [6.45, 7) is 6.79. The Morgan fingerprint density at radius 1 is 1.11 bits per heavy atom. The van der Waals surface area contributed by atoms with Crippen LogP contribution in [0.5, 0.6) is 0 Å². The van der Waals surface area contributed by atoms with Crippen molar-refractivity contribution in [2.75, 3.05) is 0 Å². The summed E-state index contributed by atoms with van der Waals surface area (Å²) in [4.78, 5) is 0. The highest BCUT2D eigenvalue weighted by Crippen LogP contribution is 2.25. The van der Waals surface area contributed by atoms with Gasteiger partial charge in [-0.25, -0.2) is 0 Å². The van der Waals surface area contributed by atoms with Gasteiger partial charge in [-0.3, -0.25) is 0 Å². The van der Waals surface area contributed by atoms with E-state index in [0.29, 0.717) is 5.92 Å². The Labute approximate surface area is 113 Å². The van der Waals surface area contributed by atoms with Gasteiger partial charge in [0.05, 0.1) is 0 Å². The van der Waals surface area contributed by atoms with Crippen molar-refractivity contribution in [3.8, 4) is 0 Å². The van der Waals surface area contributed by atoms with Crippen molar-refractivity contribution in [2.24, 2.45) is 5.92 Å². The quantitative estimate of drug-likeness (QED) is 0.524. The van der Waals surface area contributed by atoms with Crippen LogP contribution in [0.25, 0.3) is 0 Å². The van der Waals surface area contributed by atoms with Crippen molar-refractivity contribution in [1.82, 2.24) is 0 Å². The van der Waals surface area contributed by atoms with Gasteiger partial charge in [0.1, 0.15) is 0 Å². The lowest BCUT2D eigenvalue weighted by Crippen LogP contribution is -2.00. The molecule has 1 aliphatic rings. The van der Waals surface area contributed by atoms with Crippen LogP contribution in [0.15, 0.2) is 47.6 Å². The van der Waals surface area contributed by atoms with E-state index in [0.717, 1.165) is 6.42 Å². The van der Waals surface area contributed by atoms with Crippen LogP contribution >= 0.6 is 0 Å². The van der Waals surface area contributed by atoms with Crippen LogP contribution in [-0.4, -0.2) is 0 Å². The Hall–Kier alpha value is -1.04. The van der Waals surface area contributed by atoms with E-state index in [2.05, 4.69) is 57.2 Å². The number of rotatable bonds is 2. The van der Waals surface area contributed by atoms with E-state index < -0.39 is 0 Å². The minimum atomic E-state index is 0.685. The predicted octanol–water partition coefficient (Wildman–Crippen LogP) is 5.98. The second-order valence-corrected chi connectivity index (χ2v) is 5.26. The summed E-state index contributed by atoms with van der Waals surface area (Å²) in [5.41, 5.74) is 3.24. The summed E-state index contributed by atoms with van der Waals surface area (Å²) >= 11 is 0. The van der Waals surface area contributed by atoms with Gasteiger partial charge >= 0.3 is 0 Å². The van der Waals surface area contributed by atoms with Crippen LogP contribution in [0.3, 0.4) is 0 Å². The van der Waals surface area contributed by atoms with Crippen molar-refractivity contribution < 1.29 is 0 Å². The zero-order chi connectivity index (χ0) is 13.2. The Morgan fingerprint density at radius 3 is 2.50 bits per heavy atom. The molecule has 1 unspecified atom stereocenters. The molecule has 0 spiro atoms. The van der Waals surface area contributed by atoms with Crippen LogP contribution < -0.4 is 0 Å². The molecular weight excluding hydrogens is 216 g/mol. The molecule has 0 amide bonds.